The number of rotatable bonds is 4. The molecular weight excluding hydrogens is 278 g/mol. The van der Waals surface area contributed by atoms with Crippen LogP contribution >= 0.6 is 11.8 Å². The van der Waals surface area contributed by atoms with Gasteiger partial charge >= 0.3 is 0 Å². The lowest BCUT2D eigenvalue weighted by atomic mass is 10.4. The maximum atomic E-state index is 9.53. The highest BCUT2D eigenvalue weighted by molar-refractivity contribution is 7.98. The molecule has 0 bridgehead atoms. The molecule has 0 unspecified atom stereocenters. The number of hydrogen-bond acceptors (Lipinski definition) is 6. The first-order valence-corrected chi connectivity index (χ1v) is 6.76. The molecule has 0 amide bonds. The first-order valence-electron chi connectivity index (χ1n) is 5.78. The molecule has 0 aliphatic heterocycles. The van der Waals surface area contributed by atoms with Crippen LogP contribution in [0.4, 0.5) is 0 Å². The standard InChI is InChI=1S/C12H11N5O2S/c18-10-6-8(11(19)16-10)7-20-12-13-4-2-9(15-12)17-5-1-3-14-17/h1-6,16,18-19H,7H2. The summed E-state index contributed by atoms with van der Waals surface area (Å²) in [5.41, 5.74) is 0.598. The van der Waals surface area contributed by atoms with Gasteiger partial charge in [-0.2, -0.15) is 5.10 Å². The summed E-state index contributed by atoms with van der Waals surface area (Å²) in [6, 6.07) is 5.05. The van der Waals surface area contributed by atoms with Gasteiger partial charge in [-0.1, -0.05) is 11.8 Å². The summed E-state index contributed by atoms with van der Waals surface area (Å²) < 4.78 is 1.64. The number of aromatic hydroxyl groups is 2. The van der Waals surface area contributed by atoms with E-state index in [-0.39, 0.29) is 11.8 Å². The topological polar surface area (TPSA) is 99.8 Å². The van der Waals surface area contributed by atoms with Gasteiger partial charge in [-0.05, 0) is 6.07 Å². The van der Waals surface area contributed by atoms with Crippen LogP contribution in [0.25, 0.3) is 5.82 Å². The predicted octanol–water partition coefficient (Wildman–Crippen LogP) is 1.69. The van der Waals surface area contributed by atoms with Crippen LogP contribution in [0.1, 0.15) is 5.56 Å². The monoisotopic (exact) mass is 289 g/mol. The molecule has 3 heterocycles. The molecule has 3 aromatic heterocycles. The van der Waals surface area contributed by atoms with Crippen molar-refractivity contribution in [2.45, 2.75) is 10.9 Å². The quantitative estimate of drug-likeness (QED) is 0.499. The van der Waals surface area contributed by atoms with Crippen LogP contribution in [-0.2, 0) is 5.75 Å². The molecule has 20 heavy (non-hydrogen) atoms. The van der Waals surface area contributed by atoms with Crippen molar-refractivity contribution in [3.63, 3.8) is 0 Å². The average Bonchev–Trinajstić information content (AvgIpc) is 3.07. The third-order valence-corrected chi connectivity index (χ3v) is 3.49. The highest BCUT2D eigenvalue weighted by Gasteiger charge is 2.08. The minimum atomic E-state index is -0.0655. The zero-order chi connectivity index (χ0) is 13.9. The van der Waals surface area contributed by atoms with Crippen LogP contribution in [0.3, 0.4) is 0 Å². The van der Waals surface area contributed by atoms with Gasteiger partial charge in [0.25, 0.3) is 0 Å². The summed E-state index contributed by atoms with van der Waals surface area (Å²) in [6.07, 6.45) is 5.13. The maximum Gasteiger partial charge on any atom is 0.195 e. The molecule has 0 aliphatic carbocycles. The molecule has 3 aromatic rings. The fourth-order valence-electron chi connectivity index (χ4n) is 1.66. The number of H-pyrrole nitrogens is 1. The second-order valence-electron chi connectivity index (χ2n) is 3.97. The number of aromatic nitrogens is 5. The van der Waals surface area contributed by atoms with E-state index in [9.17, 15) is 10.2 Å². The molecule has 0 aromatic carbocycles. The van der Waals surface area contributed by atoms with E-state index in [0.717, 1.165) is 0 Å². The lowest BCUT2D eigenvalue weighted by molar-refractivity contribution is 0.424. The second kappa shape index (κ2) is 5.25. The number of hydrogen-bond donors (Lipinski definition) is 3. The van der Waals surface area contributed by atoms with Crippen LogP contribution in [0.15, 0.2) is 41.9 Å². The summed E-state index contributed by atoms with van der Waals surface area (Å²) in [7, 11) is 0. The molecule has 0 saturated carbocycles. The summed E-state index contributed by atoms with van der Waals surface area (Å²) in [6.45, 7) is 0. The molecule has 0 radical (unpaired) electrons. The van der Waals surface area contributed by atoms with E-state index in [2.05, 4.69) is 20.1 Å². The van der Waals surface area contributed by atoms with E-state index in [1.807, 2.05) is 6.07 Å². The van der Waals surface area contributed by atoms with Crippen LogP contribution in [0.2, 0.25) is 0 Å². The fraction of sp³-hybridized carbons (Fsp3) is 0.0833. The van der Waals surface area contributed by atoms with Gasteiger partial charge in [0, 0.05) is 42.0 Å². The van der Waals surface area contributed by atoms with Crippen molar-refractivity contribution in [2.24, 2.45) is 0 Å². The molecule has 0 aliphatic rings. The number of aromatic amines is 1. The van der Waals surface area contributed by atoms with E-state index in [0.29, 0.717) is 22.3 Å². The van der Waals surface area contributed by atoms with E-state index in [1.54, 1.807) is 29.3 Å². The van der Waals surface area contributed by atoms with Crippen molar-refractivity contribution in [3.05, 3.63) is 42.4 Å². The average molecular weight is 289 g/mol. The van der Waals surface area contributed by atoms with Crippen molar-refractivity contribution in [1.29, 1.82) is 0 Å². The maximum absolute atomic E-state index is 9.53. The van der Waals surface area contributed by atoms with Crippen molar-refractivity contribution >= 4 is 11.8 Å². The van der Waals surface area contributed by atoms with E-state index in [1.165, 1.54) is 17.8 Å². The zero-order valence-corrected chi connectivity index (χ0v) is 11.1. The van der Waals surface area contributed by atoms with Gasteiger partial charge < -0.3 is 10.2 Å². The van der Waals surface area contributed by atoms with Gasteiger partial charge in [0.15, 0.2) is 22.7 Å². The van der Waals surface area contributed by atoms with Crippen LogP contribution < -0.4 is 0 Å². The normalized spacial score (nSPS) is 10.8. The summed E-state index contributed by atoms with van der Waals surface area (Å²) >= 11 is 1.36. The smallest absolute Gasteiger partial charge is 0.195 e. The van der Waals surface area contributed by atoms with E-state index >= 15 is 0 Å². The number of nitrogens with zero attached hydrogens (tertiary/aromatic N) is 4. The minimum Gasteiger partial charge on any atom is -0.495 e. The van der Waals surface area contributed by atoms with Gasteiger partial charge in [-0.25, -0.2) is 14.6 Å². The highest BCUT2D eigenvalue weighted by atomic mass is 32.2. The Balaban J connectivity index is 1.75. The predicted molar refractivity (Wildman–Crippen MR) is 72.8 cm³/mol. The third-order valence-electron chi connectivity index (χ3n) is 2.58. The van der Waals surface area contributed by atoms with Crippen molar-refractivity contribution in [1.82, 2.24) is 24.7 Å². The summed E-state index contributed by atoms with van der Waals surface area (Å²) in [5, 5.41) is 23.4. The molecule has 0 atom stereocenters. The SMILES string of the molecule is Oc1cc(CSc2nccc(-n3cccn3)n2)c(O)[nH]1. The lowest BCUT2D eigenvalue weighted by Gasteiger charge is -2.03. The molecule has 8 heteroatoms. The van der Waals surface area contributed by atoms with Crippen molar-refractivity contribution < 1.29 is 10.2 Å². The van der Waals surface area contributed by atoms with E-state index < -0.39 is 0 Å². The third kappa shape index (κ3) is 2.59. The lowest BCUT2D eigenvalue weighted by Crippen LogP contribution is -1.99. The van der Waals surface area contributed by atoms with Gasteiger partial charge in [-0.15, -0.1) is 0 Å². The van der Waals surface area contributed by atoms with Crippen LogP contribution in [0, 0.1) is 0 Å². The van der Waals surface area contributed by atoms with Crippen LogP contribution in [0.5, 0.6) is 11.8 Å². The van der Waals surface area contributed by atoms with Gasteiger partial charge in [0.2, 0.25) is 0 Å². The Morgan fingerprint density at radius 3 is 2.90 bits per heavy atom. The van der Waals surface area contributed by atoms with Gasteiger partial charge in [0.1, 0.15) is 0 Å². The van der Waals surface area contributed by atoms with Crippen LogP contribution in [-0.4, -0.2) is 34.9 Å². The Hall–Kier alpha value is -2.48. The highest BCUT2D eigenvalue weighted by Crippen LogP contribution is 2.28. The Kier molecular flexibility index (Phi) is 3.30. The molecule has 102 valence electrons. The Bertz CT molecular complexity index is 710. The summed E-state index contributed by atoms with van der Waals surface area (Å²) in [4.78, 5) is 10.9. The zero-order valence-electron chi connectivity index (χ0n) is 10.3. The molecule has 7 nitrogen and oxygen atoms in total. The van der Waals surface area contributed by atoms with Gasteiger partial charge in [-0.3, -0.25) is 4.98 Å². The molecule has 3 rings (SSSR count). The Morgan fingerprint density at radius 1 is 1.30 bits per heavy atom. The molecular formula is C12H11N5O2S. The Morgan fingerprint density at radius 2 is 2.20 bits per heavy atom. The summed E-state index contributed by atoms with van der Waals surface area (Å²) in [5.74, 6) is 1.02. The Labute approximate surface area is 118 Å². The van der Waals surface area contributed by atoms with Crippen molar-refractivity contribution in [3.8, 4) is 17.6 Å². The first-order chi connectivity index (χ1) is 9.72. The first kappa shape index (κ1) is 12.5. The molecule has 3 N–H and O–H groups in total. The number of nitrogens with one attached hydrogen (secondary N) is 1. The minimum absolute atomic E-state index is 0.0433. The number of thioether (sulfide) groups is 1. The van der Waals surface area contributed by atoms with E-state index in [4.69, 9.17) is 0 Å². The molecule has 0 saturated heterocycles. The van der Waals surface area contributed by atoms with Gasteiger partial charge in [0.05, 0.1) is 0 Å². The largest absolute Gasteiger partial charge is 0.495 e. The van der Waals surface area contributed by atoms with Crippen molar-refractivity contribution in [2.75, 3.05) is 0 Å². The fourth-order valence-corrected chi connectivity index (χ4v) is 2.45. The molecule has 0 spiro atoms. The second-order valence-corrected chi connectivity index (χ2v) is 4.91. The molecule has 0 fully saturated rings.